The summed E-state index contributed by atoms with van der Waals surface area (Å²) < 4.78 is 37.8. The van der Waals surface area contributed by atoms with Gasteiger partial charge >= 0.3 is 6.18 Å². The molecule has 11 heteroatoms. The molecule has 0 unspecified atom stereocenters. The number of carbonyl (C=O) groups is 3. The second kappa shape index (κ2) is 6.11. The Balaban J connectivity index is 2.24. The molecule has 1 aromatic heterocycles. The molecule has 0 aromatic carbocycles. The molecule has 0 spiro atoms. The molecule has 1 aliphatic rings. The summed E-state index contributed by atoms with van der Waals surface area (Å²) in [6, 6.07) is 1.51. The lowest BCUT2D eigenvalue weighted by atomic mass is 10.1. The highest BCUT2D eigenvalue weighted by atomic mass is 35.5. The van der Waals surface area contributed by atoms with Crippen LogP contribution in [0.3, 0.4) is 0 Å². The van der Waals surface area contributed by atoms with Crippen LogP contribution in [0.4, 0.5) is 19.0 Å². The molecule has 0 atom stereocenters. The van der Waals surface area contributed by atoms with Gasteiger partial charge in [-0.05, 0) is 19.1 Å². The number of nitrogens with one attached hydrogen (secondary N) is 1. The molecule has 0 fully saturated rings. The summed E-state index contributed by atoms with van der Waals surface area (Å²) in [6.07, 6.45) is -5.47. The first-order chi connectivity index (χ1) is 11.0. The maximum Gasteiger partial charge on any atom is 0.419 e. The molecule has 0 saturated heterocycles. The number of anilines is 1. The zero-order valence-electron chi connectivity index (χ0n) is 11.9. The molecular weight excluding hydrogens is 355 g/mol. The molecule has 0 saturated carbocycles. The number of aromatic nitrogens is 1. The van der Waals surface area contributed by atoms with E-state index in [4.69, 9.17) is 11.6 Å². The van der Waals surface area contributed by atoms with Gasteiger partial charge in [-0.15, -0.1) is 0 Å². The number of carboxylic acids is 1. The zero-order chi connectivity index (χ0) is 18.2. The van der Waals surface area contributed by atoms with Gasteiger partial charge in [0.1, 0.15) is 11.0 Å². The van der Waals surface area contributed by atoms with Crippen LogP contribution in [-0.4, -0.2) is 27.8 Å². The van der Waals surface area contributed by atoms with Gasteiger partial charge in [-0.3, -0.25) is 15.0 Å². The first-order valence-electron chi connectivity index (χ1n) is 6.31. The highest BCUT2D eigenvalue weighted by Crippen LogP contribution is 2.34. The number of aliphatic carboxylic acids is 1. The standard InChI is InChI=1S/C13H9ClF3N3O4/c1-5-6(4-9(21)22)12(24)20(11(5)23)19-8-3-2-7(10(14)18-8)13(15,16)17/h2-3H,4H2,1H3,(H,18,19)(H,21,22)/p-1. The molecule has 0 radical (unpaired) electrons. The van der Waals surface area contributed by atoms with Crippen LogP contribution in [0.1, 0.15) is 18.9 Å². The fourth-order valence-electron chi connectivity index (χ4n) is 1.96. The van der Waals surface area contributed by atoms with Crippen molar-refractivity contribution in [2.45, 2.75) is 19.5 Å². The zero-order valence-corrected chi connectivity index (χ0v) is 12.7. The van der Waals surface area contributed by atoms with E-state index in [0.29, 0.717) is 11.1 Å². The highest BCUT2D eigenvalue weighted by molar-refractivity contribution is 6.30. The lowest BCUT2D eigenvalue weighted by Gasteiger charge is -2.17. The minimum absolute atomic E-state index is 0.116. The van der Waals surface area contributed by atoms with Crippen molar-refractivity contribution in [1.29, 1.82) is 0 Å². The van der Waals surface area contributed by atoms with Gasteiger partial charge in [0.2, 0.25) is 0 Å². The number of pyridine rings is 1. The molecule has 1 N–H and O–H groups in total. The van der Waals surface area contributed by atoms with Crippen LogP contribution in [-0.2, 0) is 20.6 Å². The Kier molecular flexibility index (Phi) is 4.52. The number of halogens is 4. The van der Waals surface area contributed by atoms with Crippen LogP contribution >= 0.6 is 11.6 Å². The van der Waals surface area contributed by atoms with Gasteiger partial charge in [0.05, 0.1) is 5.56 Å². The minimum atomic E-state index is -4.71. The van der Waals surface area contributed by atoms with Gasteiger partial charge in [-0.25, -0.2) is 4.98 Å². The third-order valence-corrected chi connectivity index (χ3v) is 3.43. The van der Waals surface area contributed by atoms with E-state index in [1.807, 2.05) is 0 Å². The van der Waals surface area contributed by atoms with E-state index in [9.17, 15) is 32.7 Å². The Morgan fingerprint density at radius 2 is 1.96 bits per heavy atom. The molecule has 7 nitrogen and oxygen atoms in total. The smallest absolute Gasteiger partial charge is 0.419 e. The molecule has 1 aromatic rings. The molecule has 2 amide bonds. The topological polar surface area (TPSA) is 102 Å². The van der Waals surface area contributed by atoms with Gasteiger partial charge < -0.3 is 9.90 Å². The van der Waals surface area contributed by atoms with E-state index in [1.165, 1.54) is 6.92 Å². The number of hydrogen-bond acceptors (Lipinski definition) is 6. The van der Waals surface area contributed by atoms with Gasteiger partial charge in [-0.2, -0.15) is 18.2 Å². The van der Waals surface area contributed by atoms with E-state index >= 15 is 0 Å². The van der Waals surface area contributed by atoms with Crippen molar-refractivity contribution in [1.82, 2.24) is 9.99 Å². The summed E-state index contributed by atoms with van der Waals surface area (Å²) >= 11 is 5.44. The number of imide groups is 1. The Hall–Kier alpha value is -2.62. The summed E-state index contributed by atoms with van der Waals surface area (Å²) in [5.41, 5.74) is 0.627. The van der Waals surface area contributed by atoms with Crippen LogP contribution in [0.5, 0.6) is 0 Å². The lowest BCUT2D eigenvalue weighted by molar-refractivity contribution is -0.304. The highest BCUT2D eigenvalue weighted by Gasteiger charge is 2.37. The molecule has 0 bridgehead atoms. The van der Waals surface area contributed by atoms with Crippen molar-refractivity contribution in [3.63, 3.8) is 0 Å². The van der Waals surface area contributed by atoms with E-state index in [2.05, 4.69) is 10.4 Å². The van der Waals surface area contributed by atoms with Crippen LogP contribution < -0.4 is 10.5 Å². The van der Waals surface area contributed by atoms with E-state index in [-0.39, 0.29) is 17.0 Å². The summed E-state index contributed by atoms with van der Waals surface area (Å²) in [5, 5.41) is 10.2. The molecule has 24 heavy (non-hydrogen) atoms. The number of rotatable bonds is 4. The number of alkyl halides is 3. The number of carboxylic acid groups (broad SMARTS) is 1. The average Bonchev–Trinajstić information content (AvgIpc) is 2.63. The monoisotopic (exact) mass is 362 g/mol. The number of carbonyl (C=O) groups excluding carboxylic acids is 3. The number of amides is 2. The minimum Gasteiger partial charge on any atom is -0.550 e. The van der Waals surface area contributed by atoms with Crippen molar-refractivity contribution in [2.75, 3.05) is 5.43 Å². The van der Waals surface area contributed by atoms with Crippen molar-refractivity contribution in [2.24, 2.45) is 0 Å². The second-order valence-electron chi connectivity index (χ2n) is 4.74. The van der Waals surface area contributed by atoms with Crippen molar-refractivity contribution in [3.8, 4) is 0 Å². The number of nitrogens with zero attached hydrogens (tertiary/aromatic N) is 2. The van der Waals surface area contributed by atoms with Crippen LogP contribution in [0.15, 0.2) is 23.3 Å². The molecule has 2 rings (SSSR count). The summed E-state index contributed by atoms with van der Waals surface area (Å²) in [4.78, 5) is 38.0. The SMILES string of the molecule is CC1=C(CC(=O)[O-])C(=O)N(Nc2ccc(C(F)(F)F)c(Cl)n2)C1=O. The molecule has 128 valence electrons. The molecule has 0 aliphatic carbocycles. The third-order valence-electron chi connectivity index (χ3n) is 3.14. The maximum atomic E-state index is 12.6. The van der Waals surface area contributed by atoms with E-state index in [1.54, 1.807) is 0 Å². The lowest BCUT2D eigenvalue weighted by Crippen LogP contribution is -2.38. The number of hydrazine groups is 1. The first-order valence-corrected chi connectivity index (χ1v) is 6.69. The van der Waals surface area contributed by atoms with Gasteiger partial charge in [0.15, 0.2) is 0 Å². The Labute approximate surface area is 137 Å². The Morgan fingerprint density at radius 1 is 1.33 bits per heavy atom. The van der Waals surface area contributed by atoms with Crippen LogP contribution in [0, 0.1) is 0 Å². The van der Waals surface area contributed by atoms with Crippen LogP contribution in [0.25, 0.3) is 0 Å². The summed E-state index contributed by atoms with van der Waals surface area (Å²) in [7, 11) is 0. The Morgan fingerprint density at radius 3 is 2.46 bits per heavy atom. The predicted octanol–water partition coefficient (Wildman–Crippen LogP) is 0.906. The maximum absolute atomic E-state index is 12.6. The fourth-order valence-corrected chi connectivity index (χ4v) is 2.22. The molecule has 2 heterocycles. The normalized spacial score (nSPS) is 15.3. The second-order valence-corrected chi connectivity index (χ2v) is 5.10. The first kappa shape index (κ1) is 17.7. The van der Waals surface area contributed by atoms with Crippen LogP contribution in [0.2, 0.25) is 5.15 Å². The average molecular weight is 363 g/mol. The molecule has 1 aliphatic heterocycles. The fraction of sp³-hybridized carbons (Fsp3) is 0.231. The third kappa shape index (κ3) is 3.32. The van der Waals surface area contributed by atoms with Crippen molar-refractivity contribution < 1.29 is 32.7 Å². The Bertz CT molecular complexity index is 776. The quantitative estimate of drug-likeness (QED) is 0.631. The van der Waals surface area contributed by atoms with Gasteiger partial charge in [-0.1, -0.05) is 11.6 Å². The van der Waals surface area contributed by atoms with Crippen molar-refractivity contribution >= 4 is 35.2 Å². The van der Waals surface area contributed by atoms with E-state index < -0.39 is 41.1 Å². The van der Waals surface area contributed by atoms with Gasteiger partial charge in [0, 0.05) is 23.5 Å². The largest absolute Gasteiger partial charge is 0.550 e. The number of hydrogen-bond donors (Lipinski definition) is 1. The predicted molar refractivity (Wildman–Crippen MR) is 72.0 cm³/mol. The summed E-state index contributed by atoms with van der Waals surface area (Å²) in [6.45, 7) is 1.24. The van der Waals surface area contributed by atoms with Crippen molar-refractivity contribution in [3.05, 3.63) is 34.0 Å². The van der Waals surface area contributed by atoms with Gasteiger partial charge in [0.25, 0.3) is 11.8 Å². The summed E-state index contributed by atoms with van der Waals surface area (Å²) in [5.74, 6) is -3.66. The molecular formula is C13H8ClF3N3O4-. The van der Waals surface area contributed by atoms with E-state index in [0.717, 1.165) is 6.07 Å².